The van der Waals surface area contributed by atoms with Crippen LogP contribution in [0, 0.1) is 13.8 Å². The molecule has 2 N–H and O–H groups in total. The molecule has 1 aromatic heterocycles. The van der Waals surface area contributed by atoms with Gasteiger partial charge in [-0.2, -0.15) is 0 Å². The van der Waals surface area contributed by atoms with Crippen LogP contribution in [0.15, 0.2) is 23.6 Å². The second kappa shape index (κ2) is 4.72. The van der Waals surface area contributed by atoms with Gasteiger partial charge in [0.1, 0.15) is 0 Å². The Morgan fingerprint density at radius 3 is 2.50 bits per heavy atom. The van der Waals surface area contributed by atoms with E-state index < -0.39 is 0 Å². The van der Waals surface area contributed by atoms with Gasteiger partial charge in [0.2, 0.25) is 0 Å². The van der Waals surface area contributed by atoms with E-state index in [1.165, 1.54) is 28.2 Å². The molecule has 1 unspecified atom stereocenters. The monoisotopic (exact) mass is 233 g/mol. The van der Waals surface area contributed by atoms with Gasteiger partial charge in [-0.05, 0) is 37.4 Å². The van der Waals surface area contributed by atoms with Crippen molar-refractivity contribution in [3.05, 3.63) is 46.0 Å². The van der Waals surface area contributed by atoms with Crippen molar-refractivity contribution in [2.45, 2.75) is 26.3 Å². The number of hydrogen-bond acceptors (Lipinski definition) is 4. The summed E-state index contributed by atoms with van der Waals surface area (Å²) in [5, 5.41) is 5.91. The molecule has 84 valence electrons. The van der Waals surface area contributed by atoms with Crippen LogP contribution in [0.1, 0.15) is 28.4 Å². The fourth-order valence-corrected chi connectivity index (χ4v) is 2.40. The average molecular weight is 233 g/mol. The fourth-order valence-electron chi connectivity index (χ4n) is 1.88. The second-order valence-electron chi connectivity index (χ2n) is 4.14. The zero-order valence-electron chi connectivity index (χ0n) is 9.47. The van der Waals surface area contributed by atoms with Gasteiger partial charge >= 0.3 is 0 Å². The van der Waals surface area contributed by atoms with Crippen LogP contribution in [-0.2, 0) is 6.42 Å². The first-order valence-electron chi connectivity index (χ1n) is 5.25. The Morgan fingerprint density at radius 1 is 1.25 bits per heavy atom. The first-order valence-corrected chi connectivity index (χ1v) is 6.08. The van der Waals surface area contributed by atoms with Crippen LogP contribution in [0.5, 0.6) is 0 Å². The number of aromatic nitrogens is 2. The van der Waals surface area contributed by atoms with Crippen LogP contribution >= 0.6 is 11.5 Å². The quantitative estimate of drug-likeness (QED) is 0.885. The Kier molecular flexibility index (Phi) is 3.31. The third-order valence-electron chi connectivity index (χ3n) is 2.49. The van der Waals surface area contributed by atoms with Crippen LogP contribution in [0.25, 0.3) is 0 Å². The van der Waals surface area contributed by atoms with Gasteiger partial charge in [0, 0.05) is 5.38 Å². The molecule has 2 rings (SSSR count). The normalized spacial score (nSPS) is 12.7. The second-order valence-corrected chi connectivity index (χ2v) is 4.75. The van der Waals surface area contributed by atoms with Crippen LogP contribution in [0.3, 0.4) is 0 Å². The summed E-state index contributed by atoms with van der Waals surface area (Å²) in [5.41, 5.74) is 10.8. The summed E-state index contributed by atoms with van der Waals surface area (Å²) >= 11 is 1.34. The maximum atomic E-state index is 6.08. The highest BCUT2D eigenvalue weighted by atomic mass is 32.1. The summed E-state index contributed by atoms with van der Waals surface area (Å²) in [6.45, 7) is 4.21. The van der Waals surface area contributed by atoms with E-state index in [0.29, 0.717) is 0 Å². The molecule has 1 heterocycles. The van der Waals surface area contributed by atoms with Crippen molar-refractivity contribution < 1.29 is 0 Å². The van der Waals surface area contributed by atoms with Crippen LogP contribution < -0.4 is 5.73 Å². The molecule has 4 heteroatoms. The zero-order valence-corrected chi connectivity index (χ0v) is 10.3. The molecule has 1 atom stereocenters. The number of rotatable bonds is 3. The summed E-state index contributed by atoms with van der Waals surface area (Å²) in [6.07, 6.45) is 0.813. The summed E-state index contributed by atoms with van der Waals surface area (Å²) in [7, 11) is 0. The number of aryl methyl sites for hydroxylation is 2. The molecule has 0 bridgehead atoms. The summed E-state index contributed by atoms with van der Waals surface area (Å²) in [4.78, 5) is 0. The van der Waals surface area contributed by atoms with Crippen LogP contribution in [0.2, 0.25) is 0 Å². The Bertz CT molecular complexity index is 445. The van der Waals surface area contributed by atoms with E-state index in [1.54, 1.807) is 0 Å². The Morgan fingerprint density at radius 2 is 1.94 bits per heavy atom. The summed E-state index contributed by atoms with van der Waals surface area (Å²) < 4.78 is 3.83. The van der Waals surface area contributed by atoms with E-state index in [0.717, 1.165) is 12.1 Å². The fraction of sp³-hybridized carbons (Fsp3) is 0.333. The first kappa shape index (κ1) is 11.2. The highest BCUT2D eigenvalue weighted by Crippen LogP contribution is 2.17. The Labute approximate surface area is 99.5 Å². The standard InChI is InChI=1S/C12H15N3S/c1-8-3-9(2)5-10(4-8)6-11(13)12-7-16-15-14-12/h3-5,7,11H,6,13H2,1-2H3. The molecule has 0 radical (unpaired) electrons. The van der Waals surface area contributed by atoms with Crippen molar-refractivity contribution in [2.75, 3.05) is 0 Å². The third-order valence-corrected chi connectivity index (χ3v) is 3.02. The van der Waals surface area contributed by atoms with Crippen LogP contribution in [-0.4, -0.2) is 9.59 Å². The number of nitrogens with zero attached hydrogens (tertiary/aromatic N) is 2. The number of nitrogens with two attached hydrogens (primary N) is 1. The first-order chi connectivity index (χ1) is 7.65. The molecule has 3 nitrogen and oxygen atoms in total. The lowest BCUT2D eigenvalue weighted by molar-refractivity contribution is 0.692. The predicted molar refractivity (Wildman–Crippen MR) is 66.5 cm³/mol. The molecule has 0 aliphatic heterocycles. The summed E-state index contributed by atoms with van der Waals surface area (Å²) in [6, 6.07) is 6.46. The average Bonchev–Trinajstić information content (AvgIpc) is 2.68. The summed E-state index contributed by atoms with van der Waals surface area (Å²) in [5.74, 6) is 0. The molecule has 0 aliphatic rings. The van der Waals surface area contributed by atoms with E-state index in [4.69, 9.17) is 5.73 Å². The van der Waals surface area contributed by atoms with Gasteiger partial charge in [0.05, 0.1) is 11.7 Å². The van der Waals surface area contributed by atoms with E-state index in [-0.39, 0.29) is 6.04 Å². The van der Waals surface area contributed by atoms with Crippen molar-refractivity contribution in [3.8, 4) is 0 Å². The van der Waals surface area contributed by atoms with Crippen molar-refractivity contribution in [1.82, 2.24) is 9.59 Å². The molecule has 0 spiro atoms. The molecular formula is C12H15N3S. The number of benzene rings is 1. The molecule has 0 amide bonds. The van der Waals surface area contributed by atoms with Gasteiger partial charge in [0.25, 0.3) is 0 Å². The van der Waals surface area contributed by atoms with Crippen molar-refractivity contribution in [2.24, 2.45) is 5.73 Å². The Hall–Kier alpha value is -1.26. The molecule has 0 saturated heterocycles. The lowest BCUT2D eigenvalue weighted by atomic mass is 10.0. The third kappa shape index (κ3) is 2.65. The number of hydrogen-bond donors (Lipinski definition) is 1. The van der Waals surface area contributed by atoms with Gasteiger partial charge in [-0.1, -0.05) is 33.8 Å². The van der Waals surface area contributed by atoms with E-state index >= 15 is 0 Å². The molecule has 0 aliphatic carbocycles. The van der Waals surface area contributed by atoms with E-state index in [1.807, 2.05) is 5.38 Å². The lowest BCUT2D eigenvalue weighted by Crippen LogP contribution is -2.14. The molecule has 0 fully saturated rings. The zero-order chi connectivity index (χ0) is 11.5. The van der Waals surface area contributed by atoms with Gasteiger partial charge in [0.15, 0.2) is 0 Å². The van der Waals surface area contributed by atoms with Crippen molar-refractivity contribution >= 4 is 11.5 Å². The largest absolute Gasteiger partial charge is 0.322 e. The maximum absolute atomic E-state index is 6.08. The SMILES string of the molecule is Cc1cc(C)cc(CC(N)c2csnn2)c1. The van der Waals surface area contributed by atoms with E-state index in [9.17, 15) is 0 Å². The minimum absolute atomic E-state index is 0.0556. The molecule has 16 heavy (non-hydrogen) atoms. The highest BCUT2D eigenvalue weighted by Gasteiger charge is 2.10. The van der Waals surface area contributed by atoms with Gasteiger partial charge in [-0.25, -0.2) is 0 Å². The lowest BCUT2D eigenvalue weighted by Gasteiger charge is -2.09. The Balaban J connectivity index is 2.15. The molecule has 0 saturated carbocycles. The maximum Gasteiger partial charge on any atom is 0.0925 e. The van der Waals surface area contributed by atoms with Crippen LogP contribution in [0.4, 0.5) is 0 Å². The topological polar surface area (TPSA) is 51.8 Å². The highest BCUT2D eigenvalue weighted by molar-refractivity contribution is 7.03. The van der Waals surface area contributed by atoms with E-state index in [2.05, 4.69) is 41.6 Å². The van der Waals surface area contributed by atoms with Gasteiger partial charge in [-0.15, -0.1) is 5.10 Å². The predicted octanol–water partition coefficient (Wildman–Crippen LogP) is 2.40. The van der Waals surface area contributed by atoms with Gasteiger partial charge < -0.3 is 5.73 Å². The van der Waals surface area contributed by atoms with Crippen molar-refractivity contribution in [3.63, 3.8) is 0 Å². The molecule has 1 aromatic carbocycles. The van der Waals surface area contributed by atoms with Gasteiger partial charge in [-0.3, -0.25) is 0 Å². The van der Waals surface area contributed by atoms with Crippen molar-refractivity contribution in [1.29, 1.82) is 0 Å². The molecular weight excluding hydrogens is 218 g/mol. The minimum atomic E-state index is -0.0556. The minimum Gasteiger partial charge on any atom is -0.322 e. The smallest absolute Gasteiger partial charge is 0.0925 e. The molecule has 2 aromatic rings.